The molecule has 1 N–H and O–H groups in total. The quantitative estimate of drug-likeness (QED) is 0.629. The van der Waals surface area contributed by atoms with E-state index in [1.807, 2.05) is 0 Å². The molecule has 21 heavy (non-hydrogen) atoms. The molecule has 3 nitrogen and oxygen atoms in total. The summed E-state index contributed by atoms with van der Waals surface area (Å²) in [5.41, 5.74) is 1.30. The first-order valence-corrected chi connectivity index (χ1v) is 8.09. The maximum atomic E-state index is 6.18. The summed E-state index contributed by atoms with van der Waals surface area (Å²) < 4.78 is 11.3. The minimum Gasteiger partial charge on any atom is -0.385 e. The number of methoxy groups -OCH3 is 1. The molecule has 1 rings (SSSR count). The molecule has 0 saturated heterocycles. The molecule has 0 aliphatic rings. The highest BCUT2D eigenvalue weighted by Gasteiger charge is 2.26. The van der Waals surface area contributed by atoms with Gasteiger partial charge in [-0.2, -0.15) is 0 Å². The molecule has 0 amide bonds. The van der Waals surface area contributed by atoms with Gasteiger partial charge in [0.2, 0.25) is 0 Å². The summed E-state index contributed by atoms with van der Waals surface area (Å²) in [6.45, 7) is 9.15. The zero-order valence-electron chi connectivity index (χ0n) is 14.0. The molecule has 0 fully saturated rings. The summed E-state index contributed by atoms with van der Waals surface area (Å²) in [6, 6.07) is 10.9. The van der Waals surface area contributed by atoms with E-state index in [2.05, 4.69) is 56.4 Å². The molecule has 0 radical (unpaired) electrons. The van der Waals surface area contributed by atoms with Gasteiger partial charge in [-0.05, 0) is 30.9 Å². The lowest BCUT2D eigenvalue weighted by Crippen LogP contribution is -2.38. The van der Waals surface area contributed by atoms with E-state index in [0.29, 0.717) is 5.92 Å². The second-order valence-electron chi connectivity index (χ2n) is 5.77. The maximum absolute atomic E-state index is 6.18. The summed E-state index contributed by atoms with van der Waals surface area (Å²) in [4.78, 5) is 0. The molecule has 1 aromatic rings. The van der Waals surface area contributed by atoms with Crippen LogP contribution in [0.15, 0.2) is 30.3 Å². The molecule has 2 atom stereocenters. The van der Waals surface area contributed by atoms with E-state index in [1.165, 1.54) is 5.56 Å². The Morgan fingerprint density at radius 3 is 2.38 bits per heavy atom. The monoisotopic (exact) mass is 293 g/mol. The largest absolute Gasteiger partial charge is 0.385 e. The highest BCUT2D eigenvalue weighted by Crippen LogP contribution is 2.25. The standard InChI is InChI=1S/C18H31NO2/c1-5-12-19-17(16-10-7-6-8-11-16)18(15(2)3)21-14-9-13-20-4/h6-8,10-11,15,17-19H,5,9,12-14H2,1-4H3. The van der Waals surface area contributed by atoms with Gasteiger partial charge in [-0.3, -0.25) is 0 Å². The van der Waals surface area contributed by atoms with Gasteiger partial charge in [0.05, 0.1) is 12.1 Å². The van der Waals surface area contributed by atoms with E-state index < -0.39 is 0 Å². The Morgan fingerprint density at radius 1 is 1.10 bits per heavy atom. The molecular weight excluding hydrogens is 262 g/mol. The third kappa shape index (κ3) is 6.60. The molecule has 0 heterocycles. The van der Waals surface area contributed by atoms with E-state index in [4.69, 9.17) is 9.47 Å². The molecule has 0 aliphatic heterocycles. The van der Waals surface area contributed by atoms with Crippen LogP contribution in [-0.2, 0) is 9.47 Å². The molecule has 0 aliphatic carbocycles. The van der Waals surface area contributed by atoms with Crippen LogP contribution in [0.4, 0.5) is 0 Å². The SMILES string of the molecule is CCCNC(c1ccccc1)C(OCCCOC)C(C)C. The molecule has 0 saturated carbocycles. The first kappa shape index (κ1) is 18.1. The number of hydrogen-bond acceptors (Lipinski definition) is 3. The first-order chi connectivity index (χ1) is 10.2. The third-order valence-corrected chi connectivity index (χ3v) is 3.56. The van der Waals surface area contributed by atoms with Crippen molar-refractivity contribution < 1.29 is 9.47 Å². The van der Waals surface area contributed by atoms with Crippen LogP contribution >= 0.6 is 0 Å². The summed E-state index contributed by atoms with van der Waals surface area (Å²) in [6.07, 6.45) is 2.24. The Morgan fingerprint density at radius 2 is 1.81 bits per heavy atom. The Kier molecular flexibility index (Phi) is 9.31. The van der Waals surface area contributed by atoms with E-state index in [-0.39, 0.29) is 12.1 Å². The van der Waals surface area contributed by atoms with E-state index in [0.717, 1.165) is 32.6 Å². The Bertz CT molecular complexity index is 353. The van der Waals surface area contributed by atoms with Gasteiger partial charge in [0.1, 0.15) is 0 Å². The van der Waals surface area contributed by atoms with Crippen molar-refractivity contribution >= 4 is 0 Å². The topological polar surface area (TPSA) is 30.5 Å². The van der Waals surface area contributed by atoms with Gasteiger partial charge in [-0.25, -0.2) is 0 Å². The Balaban J connectivity index is 2.75. The molecular formula is C18H31NO2. The van der Waals surface area contributed by atoms with Crippen molar-refractivity contribution in [3.63, 3.8) is 0 Å². The molecule has 0 spiro atoms. The second kappa shape index (κ2) is 10.8. The molecule has 3 heteroatoms. The zero-order chi connectivity index (χ0) is 15.5. The van der Waals surface area contributed by atoms with Gasteiger partial charge >= 0.3 is 0 Å². The van der Waals surface area contributed by atoms with Gasteiger partial charge in [-0.15, -0.1) is 0 Å². The van der Waals surface area contributed by atoms with Gasteiger partial charge in [0.15, 0.2) is 0 Å². The minimum absolute atomic E-state index is 0.177. The van der Waals surface area contributed by atoms with Gasteiger partial charge < -0.3 is 14.8 Å². The fourth-order valence-corrected chi connectivity index (χ4v) is 2.48. The third-order valence-electron chi connectivity index (χ3n) is 3.56. The molecule has 0 bridgehead atoms. The smallest absolute Gasteiger partial charge is 0.0792 e. The van der Waals surface area contributed by atoms with Gasteiger partial charge in [-0.1, -0.05) is 51.1 Å². The van der Waals surface area contributed by atoms with E-state index in [9.17, 15) is 0 Å². The maximum Gasteiger partial charge on any atom is 0.0792 e. The average molecular weight is 293 g/mol. The van der Waals surface area contributed by atoms with Crippen molar-refractivity contribution in [2.75, 3.05) is 26.9 Å². The number of ether oxygens (including phenoxy) is 2. The van der Waals surface area contributed by atoms with Crippen LogP contribution in [0.3, 0.4) is 0 Å². The van der Waals surface area contributed by atoms with Crippen molar-refractivity contribution in [2.45, 2.75) is 45.8 Å². The van der Waals surface area contributed by atoms with Crippen molar-refractivity contribution in [1.82, 2.24) is 5.32 Å². The van der Waals surface area contributed by atoms with Crippen molar-refractivity contribution in [1.29, 1.82) is 0 Å². The molecule has 1 aromatic carbocycles. The predicted molar refractivity (Wildman–Crippen MR) is 88.5 cm³/mol. The lowest BCUT2D eigenvalue weighted by atomic mass is 9.93. The summed E-state index contributed by atoms with van der Waals surface area (Å²) in [7, 11) is 1.73. The van der Waals surface area contributed by atoms with Crippen LogP contribution in [0.5, 0.6) is 0 Å². The lowest BCUT2D eigenvalue weighted by Gasteiger charge is -2.31. The first-order valence-electron chi connectivity index (χ1n) is 8.09. The summed E-state index contributed by atoms with van der Waals surface area (Å²) in [5, 5.41) is 3.65. The van der Waals surface area contributed by atoms with Crippen LogP contribution in [0.2, 0.25) is 0 Å². The van der Waals surface area contributed by atoms with Crippen molar-refractivity contribution in [3.05, 3.63) is 35.9 Å². The second-order valence-corrected chi connectivity index (χ2v) is 5.77. The number of nitrogens with one attached hydrogen (secondary N) is 1. The van der Waals surface area contributed by atoms with Crippen LogP contribution in [-0.4, -0.2) is 33.0 Å². The van der Waals surface area contributed by atoms with Crippen LogP contribution in [0.25, 0.3) is 0 Å². The van der Waals surface area contributed by atoms with Crippen LogP contribution in [0, 0.1) is 5.92 Å². The molecule has 120 valence electrons. The lowest BCUT2D eigenvalue weighted by molar-refractivity contribution is -0.0116. The highest BCUT2D eigenvalue weighted by molar-refractivity contribution is 5.20. The fraction of sp³-hybridized carbons (Fsp3) is 0.667. The van der Waals surface area contributed by atoms with Crippen molar-refractivity contribution in [2.24, 2.45) is 5.92 Å². The Labute approximate surface area is 130 Å². The predicted octanol–water partition coefficient (Wildman–Crippen LogP) is 3.81. The molecule has 2 unspecified atom stereocenters. The minimum atomic E-state index is 0.177. The van der Waals surface area contributed by atoms with Crippen molar-refractivity contribution in [3.8, 4) is 0 Å². The normalized spacial score (nSPS) is 14.3. The Hall–Kier alpha value is -0.900. The van der Waals surface area contributed by atoms with Crippen LogP contribution in [0.1, 0.15) is 45.2 Å². The number of benzene rings is 1. The highest BCUT2D eigenvalue weighted by atomic mass is 16.5. The molecule has 0 aromatic heterocycles. The van der Waals surface area contributed by atoms with Gasteiger partial charge in [0, 0.05) is 20.3 Å². The van der Waals surface area contributed by atoms with E-state index in [1.54, 1.807) is 7.11 Å². The zero-order valence-corrected chi connectivity index (χ0v) is 14.0. The summed E-state index contributed by atoms with van der Waals surface area (Å²) in [5.74, 6) is 0.460. The average Bonchev–Trinajstić information content (AvgIpc) is 2.50. The number of hydrogen-bond donors (Lipinski definition) is 1. The van der Waals surface area contributed by atoms with Crippen LogP contribution < -0.4 is 5.32 Å². The van der Waals surface area contributed by atoms with E-state index >= 15 is 0 Å². The number of rotatable bonds is 11. The van der Waals surface area contributed by atoms with Gasteiger partial charge in [0.25, 0.3) is 0 Å². The summed E-state index contributed by atoms with van der Waals surface area (Å²) >= 11 is 0. The fourth-order valence-electron chi connectivity index (χ4n) is 2.48.